The van der Waals surface area contributed by atoms with Crippen LogP contribution in [0, 0.1) is 0 Å². The normalized spacial score (nSPS) is 18.7. The maximum Gasteiger partial charge on any atom is 0.255 e. The van der Waals surface area contributed by atoms with Gasteiger partial charge in [-0.3, -0.25) is 9.89 Å². The van der Waals surface area contributed by atoms with Crippen molar-refractivity contribution >= 4 is 27.3 Å². The number of fused-ring (bicyclic) bond motifs is 1. The van der Waals surface area contributed by atoms with Crippen LogP contribution in [0.2, 0.25) is 0 Å². The van der Waals surface area contributed by atoms with Crippen LogP contribution in [0.3, 0.4) is 0 Å². The smallest absolute Gasteiger partial charge is 0.255 e. The molecule has 0 radical (unpaired) electrons. The third-order valence-corrected chi connectivity index (χ3v) is 5.19. The van der Waals surface area contributed by atoms with Gasteiger partial charge in [0.25, 0.3) is 5.91 Å². The second kappa shape index (κ2) is 5.53. The van der Waals surface area contributed by atoms with Crippen LogP contribution in [0.15, 0.2) is 36.0 Å². The Labute approximate surface area is 132 Å². The number of amides is 1. The molecule has 0 bridgehead atoms. The number of piperidine rings is 1. The van der Waals surface area contributed by atoms with Gasteiger partial charge in [0.15, 0.2) is 0 Å². The van der Waals surface area contributed by atoms with E-state index in [1.54, 1.807) is 11.3 Å². The first kappa shape index (κ1) is 13.5. The zero-order valence-electron chi connectivity index (χ0n) is 12.0. The van der Waals surface area contributed by atoms with E-state index >= 15 is 0 Å². The molecule has 4 rings (SSSR count). The lowest BCUT2D eigenvalue weighted by Gasteiger charge is -2.34. The first-order valence-electron chi connectivity index (χ1n) is 7.47. The molecule has 1 N–H and O–H groups in total. The first-order valence-corrected chi connectivity index (χ1v) is 8.35. The van der Waals surface area contributed by atoms with Crippen LogP contribution >= 0.6 is 11.3 Å². The monoisotopic (exact) mass is 312 g/mol. The summed E-state index contributed by atoms with van der Waals surface area (Å²) in [6.07, 6.45) is 4.59. The molecule has 0 spiro atoms. The van der Waals surface area contributed by atoms with Crippen LogP contribution in [0.4, 0.5) is 0 Å². The topological polar surface area (TPSA) is 61.9 Å². The molecule has 3 heterocycles. The molecule has 22 heavy (non-hydrogen) atoms. The maximum atomic E-state index is 13.1. The van der Waals surface area contributed by atoms with E-state index in [-0.39, 0.29) is 11.9 Å². The van der Waals surface area contributed by atoms with Crippen molar-refractivity contribution < 1.29 is 4.79 Å². The molecule has 1 amide bonds. The Morgan fingerprint density at radius 2 is 2.23 bits per heavy atom. The molecular weight excluding hydrogens is 296 g/mol. The number of likely N-dealkylation sites (tertiary alicyclic amines) is 1. The Morgan fingerprint density at radius 3 is 3.09 bits per heavy atom. The molecular formula is C16H16N4OS. The quantitative estimate of drug-likeness (QED) is 0.789. The minimum atomic E-state index is 0.00223. The summed E-state index contributed by atoms with van der Waals surface area (Å²) >= 11 is 1.62. The molecule has 1 fully saturated rings. The molecule has 5 nitrogen and oxygen atoms in total. The van der Waals surface area contributed by atoms with Crippen molar-refractivity contribution in [1.82, 2.24) is 20.1 Å². The number of nitrogens with zero attached hydrogens (tertiary/aromatic N) is 3. The van der Waals surface area contributed by atoms with Gasteiger partial charge in [0.1, 0.15) is 12.2 Å². The van der Waals surface area contributed by atoms with Crippen molar-refractivity contribution in [2.45, 2.75) is 25.3 Å². The molecule has 0 aliphatic carbocycles. The van der Waals surface area contributed by atoms with Crippen LogP contribution in [0.25, 0.3) is 10.1 Å². The van der Waals surface area contributed by atoms with E-state index in [2.05, 4.69) is 21.2 Å². The van der Waals surface area contributed by atoms with Crippen LogP contribution in [-0.4, -0.2) is 32.5 Å². The van der Waals surface area contributed by atoms with E-state index in [1.807, 2.05) is 28.5 Å². The molecule has 1 aliphatic heterocycles. The maximum absolute atomic E-state index is 13.1. The summed E-state index contributed by atoms with van der Waals surface area (Å²) in [5.41, 5.74) is 0.798. The minimum absolute atomic E-state index is 0.00223. The number of benzene rings is 1. The zero-order chi connectivity index (χ0) is 14.9. The third-order valence-electron chi connectivity index (χ3n) is 4.22. The second-order valence-electron chi connectivity index (χ2n) is 5.53. The lowest BCUT2D eigenvalue weighted by atomic mass is 10.00. The molecule has 2 aromatic heterocycles. The minimum Gasteiger partial charge on any atom is -0.328 e. The fourth-order valence-electron chi connectivity index (χ4n) is 3.13. The number of hydrogen-bond acceptors (Lipinski definition) is 4. The van der Waals surface area contributed by atoms with Crippen LogP contribution in [0.5, 0.6) is 0 Å². The number of thiophene rings is 1. The molecule has 1 aliphatic rings. The van der Waals surface area contributed by atoms with Crippen molar-refractivity contribution in [3.05, 3.63) is 47.4 Å². The van der Waals surface area contributed by atoms with Gasteiger partial charge < -0.3 is 4.90 Å². The number of aromatic amines is 1. The number of aromatic nitrogens is 3. The molecule has 3 aromatic rings. The number of carbonyl (C=O) groups is 1. The highest BCUT2D eigenvalue weighted by Crippen LogP contribution is 2.33. The van der Waals surface area contributed by atoms with Crippen molar-refractivity contribution in [3.63, 3.8) is 0 Å². The van der Waals surface area contributed by atoms with E-state index in [0.29, 0.717) is 0 Å². The molecule has 6 heteroatoms. The summed E-state index contributed by atoms with van der Waals surface area (Å²) in [6, 6.07) is 8.07. The summed E-state index contributed by atoms with van der Waals surface area (Å²) in [5.74, 6) is 0.881. The van der Waals surface area contributed by atoms with E-state index in [1.165, 1.54) is 6.33 Å². The summed E-state index contributed by atoms with van der Waals surface area (Å²) in [5, 5.41) is 9.87. The first-order chi connectivity index (χ1) is 10.8. The predicted molar refractivity (Wildman–Crippen MR) is 85.8 cm³/mol. The summed E-state index contributed by atoms with van der Waals surface area (Å²) in [4.78, 5) is 19.3. The van der Waals surface area contributed by atoms with Crippen molar-refractivity contribution in [1.29, 1.82) is 0 Å². The molecule has 112 valence electrons. The Bertz CT molecular complexity index is 795. The Kier molecular flexibility index (Phi) is 3.38. The predicted octanol–water partition coefficient (Wildman–Crippen LogP) is 3.39. The van der Waals surface area contributed by atoms with Crippen LogP contribution in [-0.2, 0) is 0 Å². The third kappa shape index (κ3) is 2.20. The average Bonchev–Trinajstić information content (AvgIpc) is 3.24. The largest absolute Gasteiger partial charge is 0.328 e. The highest BCUT2D eigenvalue weighted by Gasteiger charge is 2.31. The number of nitrogens with one attached hydrogen (secondary N) is 1. The Morgan fingerprint density at radius 1 is 1.32 bits per heavy atom. The van der Waals surface area contributed by atoms with Gasteiger partial charge in [-0.15, -0.1) is 11.3 Å². The molecule has 1 saturated heterocycles. The fraction of sp³-hybridized carbons (Fsp3) is 0.312. The molecule has 0 unspecified atom stereocenters. The fourth-order valence-corrected chi connectivity index (χ4v) is 4.07. The highest BCUT2D eigenvalue weighted by molar-refractivity contribution is 7.17. The summed E-state index contributed by atoms with van der Waals surface area (Å²) < 4.78 is 1.15. The van der Waals surface area contributed by atoms with Crippen molar-refractivity contribution in [2.75, 3.05) is 6.54 Å². The van der Waals surface area contributed by atoms with Gasteiger partial charge in [-0.1, -0.05) is 18.2 Å². The molecule has 0 saturated carbocycles. The SMILES string of the molecule is O=C(c1csc2ccccc12)N1CCCC[C@H]1c1ncn[nH]1. The van der Waals surface area contributed by atoms with Crippen molar-refractivity contribution in [3.8, 4) is 0 Å². The van der Waals surface area contributed by atoms with Gasteiger partial charge in [0, 0.05) is 22.0 Å². The lowest BCUT2D eigenvalue weighted by Crippen LogP contribution is -2.38. The molecule has 1 aromatic carbocycles. The van der Waals surface area contributed by atoms with Gasteiger partial charge in [0.2, 0.25) is 0 Å². The Balaban J connectivity index is 1.71. The van der Waals surface area contributed by atoms with Gasteiger partial charge >= 0.3 is 0 Å². The summed E-state index contributed by atoms with van der Waals surface area (Å²) in [6.45, 7) is 0.772. The van der Waals surface area contributed by atoms with Gasteiger partial charge in [-0.2, -0.15) is 5.10 Å². The molecule has 1 atom stereocenters. The van der Waals surface area contributed by atoms with Crippen LogP contribution in [0.1, 0.15) is 41.5 Å². The zero-order valence-corrected chi connectivity index (χ0v) is 12.8. The van der Waals surface area contributed by atoms with Gasteiger partial charge in [-0.25, -0.2) is 4.98 Å². The second-order valence-corrected chi connectivity index (χ2v) is 6.44. The van der Waals surface area contributed by atoms with Crippen LogP contribution < -0.4 is 0 Å². The average molecular weight is 312 g/mol. The van der Waals surface area contributed by atoms with E-state index in [0.717, 1.165) is 47.3 Å². The summed E-state index contributed by atoms with van der Waals surface area (Å²) in [7, 11) is 0. The number of rotatable bonds is 2. The van der Waals surface area contributed by atoms with E-state index in [9.17, 15) is 4.79 Å². The van der Waals surface area contributed by atoms with E-state index in [4.69, 9.17) is 0 Å². The number of hydrogen-bond donors (Lipinski definition) is 1. The Hall–Kier alpha value is -2.21. The van der Waals surface area contributed by atoms with Crippen molar-refractivity contribution in [2.24, 2.45) is 0 Å². The standard InChI is InChI=1S/C16H16N4OS/c21-16(12-9-22-14-7-2-1-5-11(12)14)20-8-4-3-6-13(20)15-17-10-18-19-15/h1-2,5,7,9-10,13H,3-4,6,8H2,(H,17,18,19)/t13-/m0/s1. The van der Waals surface area contributed by atoms with E-state index < -0.39 is 0 Å². The lowest BCUT2D eigenvalue weighted by molar-refractivity contribution is 0.0603. The number of carbonyl (C=O) groups excluding carboxylic acids is 1. The van der Waals surface area contributed by atoms with Gasteiger partial charge in [0.05, 0.1) is 11.6 Å². The van der Waals surface area contributed by atoms with Gasteiger partial charge in [-0.05, 0) is 25.3 Å². The highest BCUT2D eigenvalue weighted by atomic mass is 32.1. The number of H-pyrrole nitrogens is 1.